The van der Waals surface area contributed by atoms with Gasteiger partial charge >= 0.3 is 5.97 Å². The fourth-order valence-corrected chi connectivity index (χ4v) is 3.29. The molecule has 0 aliphatic heterocycles. The van der Waals surface area contributed by atoms with E-state index in [0.29, 0.717) is 11.3 Å². The number of benzene rings is 2. The Morgan fingerprint density at radius 2 is 2.00 bits per heavy atom. The minimum Gasteiger partial charge on any atom is -0.496 e. The number of para-hydroxylation sites is 1. The van der Waals surface area contributed by atoms with Crippen LogP contribution in [0.1, 0.15) is 15.9 Å². The number of amides is 1. The molecule has 0 aliphatic carbocycles. The van der Waals surface area contributed by atoms with Crippen molar-refractivity contribution in [2.24, 2.45) is 5.10 Å². The lowest BCUT2D eigenvalue weighted by Gasteiger charge is -2.05. The van der Waals surface area contributed by atoms with Gasteiger partial charge in [-0.05, 0) is 46.9 Å². The molecule has 1 heterocycles. The van der Waals surface area contributed by atoms with Crippen LogP contribution >= 0.6 is 22.6 Å². The van der Waals surface area contributed by atoms with E-state index in [0.717, 1.165) is 20.0 Å². The number of carbonyl (C=O) groups excluding carboxylic acids is 2. The molecular weight excluding hydrogens is 473 g/mol. The molecule has 7 nitrogen and oxygen atoms in total. The summed E-state index contributed by atoms with van der Waals surface area (Å²) in [6.07, 6.45) is 3.35. The average molecular weight is 491 g/mol. The van der Waals surface area contributed by atoms with Crippen molar-refractivity contribution < 1.29 is 19.1 Å². The first-order valence-corrected chi connectivity index (χ1v) is 9.43. The fourth-order valence-electron chi connectivity index (χ4n) is 2.74. The van der Waals surface area contributed by atoms with Gasteiger partial charge in [0.15, 0.2) is 0 Å². The van der Waals surface area contributed by atoms with Crippen LogP contribution in [-0.2, 0) is 16.1 Å². The molecule has 1 amide bonds. The van der Waals surface area contributed by atoms with Gasteiger partial charge in [0.2, 0.25) is 0 Å². The summed E-state index contributed by atoms with van der Waals surface area (Å²) in [5.74, 6) is -0.0578. The lowest BCUT2D eigenvalue weighted by atomic mass is 10.2. The van der Waals surface area contributed by atoms with Crippen LogP contribution in [0.4, 0.5) is 0 Å². The summed E-state index contributed by atoms with van der Waals surface area (Å²) >= 11 is 2.14. The molecule has 0 spiro atoms. The number of nitrogens with zero attached hydrogens (tertiary/aromatic N) is 2. The first kappa shape index (κ1) is 19.9. The molecule has 0 unspecified atom stereocenters. The van der Waals surface area contributed by atoms with Gasteiger partial charge in [-0.15, -0.1) is 0 Å². The summed E-state index contributed by atoms with van der Waals surface area (Å²) in [5, 5.41) is 4.98. The van der Waals surface area contributed by atoms with Crippen LogP contribution < -0.4 is 10.2 Å². The third-order valence-electron chi connectivity index (χ3n) is 4.13. The van der Waals surface area contributed by atoms with Crippen molar-refractivity contribution in [1.82, 2.24) is 9.99 Å². The minimum absolute atomic E-state index is 0.0969. The molecule has 1 N–H and O–H groups in total. The number of aromatic nitrogens is 1. The third-order valence-corrected chi connectivity index (χ3v) is 5.02. The Labute approximate surface area is 175 Å². The van der Waals surface area contributed by atoms with E-state index in [9.17, 15) is 9.59 Å². The number of nitrogens with one attached hydrogen (secondary N) is 1. The van der Waals surface area contributed by atoms with Gasteiger partial charge in [0.25, 0.3) is 5.91 Å². The molecule has 0 saturated carbocycles. The highest BCUT2D eigenvalue weighted by molar-refractivity contribution is 14.1. The quantitative estimate of drug-likeness (QED) is 0.249. The molecule has 0 aliphatic rings. The molecule has 1 aromatic heterocycles. The normalized spacial score (nSPS) is 11.0. The van der Waals surface area contributed by atoms with Gasteiger partial charge in [-0.3, -0.25) is 9.59 Å². The van der Waals surface area contributed by atoms with Crippen molar-refractivity contribution in [2.45, 2.75) is 6.54 Å². The van der Waals surface area contributed by atoms with Gasteiger partial charge in [-0.2, -0.15) is 5.10 Å². The maximum absolute atomic E-state index is 12.3. The summed E-state index contributed by atoms with van der Waals surface area (Å²) in [6, 6.07) is 12.8. The monoisotopic (exact) mass is 491 g/mol. The van der Waals surface area contributed by atoms with Crippen LogP contribution in [0.15, 0.2) is 53.8 Å². The number of esters is 1. The number of hydrogen-bond donors (Lipinski definition) is 1. The predicted molar refractivity (Wildman–Crippen MR) is 115 cm³/mol. The molecular formula is C20H18IN3O4. The maximum Gasteiger partial charge on any atom is 0.325 e. The SMILES string of the molecule is COC(=O)Cn1cc(/C=N\NC(=O)c2ccc(I)c(OC)c2)c2ccccc21. The van der Waals surface area contributed by atoms with Crippen molar-refractivity contribution in [3.8, 4) is 5.75 Å². The Hall–Kier alpha value is -2.88. The van der Waals surface area contributed by atoms with E-state index in [1.54, 1.807) is 42.3 Å². The first-order valence-electron chi connectivity index (χ1n) is 8.35. The van der Waals surface area contributed by atoms with Gasteiger partial charge in [0, 0.05) is 28.2 Å². The van der Waals surface area contributed by atoms with E-state index >= 15 is 0 Å². The summed E-state index contributed by atoms with van der Waals surface area (Å²) in [6.45, 7) is 0.0969. The van der Waals surface area contributed by atoms with Crippen molar-refractivity contribution in [3.63, 3.8) is 0 Å². The van der Waals surface area contributed by atoms with Gasteiger partial charge in [-0.1, -0.05) is 18.2 Å². The number of carbonyl (C=O) groups is 2. The highest BCUT2D eigenvalue weighted by Gasteiger charge is 2.11. The molecule has 8 heteroatoms. The topological polar surface area (TPSA) is 81.9 Å². The zero-order valence-corrected chi connectivity index (χ0v) is 17.5. The van der Waals surface area contributed by atoms with Crippen LogP contribution in [0.3, 0.4) is 0 Å². The maximum atomic E-state index is 12.3. The molecule has 28 heavy (non-hydrogen) atoms. The average Bonchev–Trinajstić information content (AvgIpc) is 3.05. The second kappa shape index (κ2) is 8.87. The third kappa shape index (κ3) is 4.33. The number of hydrazone groups is 1. The summed E-state index contributed by atoms with van der Waals surface area (Å²) in [7, 11) is 2.91. The fraction of sp³-hybridized carbons (Fsp3) is 0.150. The Kier molecular flexibility index (Phi) is 6.30. The van der Waals surface area contributed by atoms with Gasteiger partial charge < -0.3 is 14.0 Å². The van der Waals surface area contributed by atoms with Gasteiger partial charge in [0.1, 0.15) is 12.3 Å². The molecule has 3 aromatic rings. The lowest BCUT2D eigenvalue weighted by molar-refractivity contribution is -0.141. The Bertz CT molecular complexity index is 1060. The Morgan fingerprint density at radius 1 is 1.21 bits per heavy atom. The molecule has 0 atom stereocenters. The molecule has 0 radical (unpaired) electrons. The van der Waals surface area contributed by atoms with Crippen LogP contribution in [0, 0.1) is 3.57 Å². The van der Waals surface area contributed by atoms with Crippen molar-refractivity contribution in [3.05, 3.63) is 63.4 Å². The Balaban J connectivity index is 1.80. The molecule has 144 valence electrons. The zero-order chi connectivity index (χ0) is 20.1. The summed E-state index contributed by atoms with van der Waals surface area (Å²) < 4.78 is 12.7. The second-order valence-electron chi connectivity index (χ2n) is 5.85. The molecule has 0 saturated heterocycles. The van der Waals surface area contributed by atoms with E-state index < -0.39 is 0 Å². The second-order valence-corrected chi connectivity index (χ2v) is 7.02. The van der Waals surface area contributed by atoms with Crippen LogP contribution in [0.25, 0.3) is 10.9 Å². The largest absolute Gasteiger partial charge is 0.496 e. The minimum atomic E-state index is -0.343. The standard InChI is InChI=1S/C20H18IN3O4/c1-27-18-9-13(7-8-16(18)21)20(26)23-22-10-14-11-24(12-19(25)28-2)17-6-4-3-5-15(14)17/h3-11H,12H2,1-2H3,(H,23,26)/b22-10-. The zero-order valence-electron chi connectivity index (χ0n) is 15.3. The van der Waals surface area contributed by atoms with Gasteiger partial charge in [0.05, 0.1) is 24.0 Å². The van der Waals surface area contributed by atoms with Crippen LogP contribution in [0.2, 0.25) is 0 Å². The number of fused-ring (bicyclic) bond motifs is 1. The molecule has 3 rings (SSSR count). The number of halogens is 1. The number of hydrogen-bond acceptors (Lipinski definition) is 5. The molecule has 0 fully saturated rings. The van der Waals surface area contributed by atoms with Gasteiger partial charge in [-0.25, -0.2) is 5.43 Å². The van der Waals surface area contributed by atoms with Crippen molar-refractivity contribution in [2.75, 3.05) is 14.2 Å². The van der Waals surface area contributed by atoms with Crippen molar-refractivity contribution in [1.29, 1.82) is 0 Å². The van der Waals surface area contributed by atoms with E-state index in [4.69, 9.17) is 9.47 Å². The highest BCUT2D eigenvalue weighted by atomic mass is 127. The Morgan fingerprint density at radius 3 is 2.75 bits per heavy atom. The molecule has 2 aromatic carbocycles. The van der Waals surface area contributed by atoms with E-state index in [1.807, 2.05) is 24.3 Å². The number of rotatable bonds is 6. The number of ether oxygens (including phenoxy) is 2. The lowest BCUT2D eigenvalue weighted by Crippen LogP contribution is -2.17. The highest BCUT2D eigenvalue weighted by Crippen LogP contribution is 2.22. The van der Waals surface area contributed by atoms with E-state index in [1.165, 1.54) is 7.11 Å². The smallest absolute Gasteiger partial charge is 0.325 e. The first-order chi connectivity index (χ1) is 13.5. The summed E-state index contributed by atoms with van der Waals surface area (Å²) in [5.41, 5.74) is 4.62. The van der Waals surface area contributed by atoms with Crippen molar-refractivity contribution >= 4 is 51.6 Å². The van der Waals surface area contributed by atoms with E-state index in [2.05, 4.69) is 33.1 Å². The summed E-state index contributed by atoms with van der Waals surface area (Å²) in [4.78, 5) is 23.9. The predicted octanol–water partition coefficient (Wildman–Crippen LogP) is 3.19. The van der Waals surface area contributed by atoms with E-state index in [-0.39, 0.29) is 18.4 Å². The van der Waals surface area contributed by atoms with Crippen LogP contribution in [0.5, 0.6) is 5.75 Å². The van der Waals surface area contributed by atoms with Crippen LogP contribution in [-0.4, -0.2) is 36.9 Å². The number of methoxy groups -OCH3 is 2. The molecule has 0 bridgehead atoms.